The highest BCUT2D eigenvalue weighted by Crippen LogP contribution is 2.51. The lowest BCUT2D eigenvalue weighted by Crippen LogP contribution is -2.54. The van der Waals surface area contributed by atoms with Gasteiger partial charge in [0.2, 0.25) is 0 Å². The van der Waals surface area contributed by atoms with Crippen molar-refractivity contribution in [3.05, 3.63) is 0 Å². The Morgan fingerprint density at radius 3 is 1.15 bits per heavy atom. The van der Waals surface area contributed by atoms with Crippen LogP contribution in [0.15, 0.2) is 0 Å². The summed E-state index contributed by atoms with van der Waals surface area (Å²) >= 11 is 0. The molecule has 0 fully saturated rings. The third kappa shape index (κ3) is 5.50. The molecule has 0 aromatic heterocycles. The third-order valence-electron chi connectivity index (χ3n) is 3.76. The van der Waals surface area contributed by atoms with Gasteiger partial charge < -0.3 is 5.11 Å². The second kappa shape index (κ2) is 7.78. The lowest BCUT2D eigenvalue weighted by molar-refractivity contribution is -0.347. The second-order valence-corrected chi connectivity index (χ2v) is 5.74. The van der Waals surface area contributed by atoms with Crippen LogP contribution in [0, 0.1) is 5.92 Å². The number of hydrogen-bond donors (Lipinski definition) is 1. The van der Waals surface area contributed by atoms with Crippen molar-refractivity contribution in [3.8, 4) is 0 Å². The highest BCUT2D eigenvalue weighted by Gasteiger charge is 2.73. The van der Waals surface area contributed by atoms with Gasteiger partial charge in [-0.05, 0) is 25.2 Å². The van der Waals surface area contributed by atoms with Gasteiger partial charge in [-0.25, -0.2) is 8.78 Å². The number of aliphatic hydroxyl groups excluding tert-OH is 1. The average Bonchev–Trinajstić information content (AvgIpc) is 2.40. The normalized spacial score (nSPS) is 16.6. The van der Waals surface area contributed by atoms with Gasteiger partial charge in [0, 0.05) is 13.0 Å². The van der Waals surface area contributed by atoms with Gasteiger partial charge in [-0.1, -0.05) is 0 Å². The van der Waals surface area contributed by atoms with E-state index in [1.54, 1.807) is 0 Å². The van der Waals surface area contributed by atoms with Crippen LogP contribution in [-0.4, -0.2) is 47.8 Å². The Labute approximate surface area is 142 Å². The number of halogens is 14. The van der Waals surface area contributed by atoms with Crippen molar-refractivity contribution in [2.45, 2.75) is 61.7 Å². The zero-order valence-corrected chi connectivity index (χ0v) is 12.9. The molecule has 0 saturated heterocycles. The van der Waals surface area contributed by atoms with Gasteiger partial charge in [-0.2, -0.15) is 52.7 Å². The molecular weight excluding hydrogens is 426 g/mol. The Hall–Kier alpha value is -1.02. The van der Waals surface area contributed by atoms with Crippen LogP contribution in [-0.2, 0) is 0 Å². The predicted octanol–water partition coefficient (Wildman–Crippen LogP) is 5.82. The SMILES string of the molecule is OCC(CCCC(F)(C(F)(F)F)C(F)(F)F)CC(F)(C(F)(F)F)C(F)(F)F. The summed E-state index contributed by atoms with van der Waals surface area (Å²) in [6.45, 7) is -1.62. The number of alkyl halides is 14. The smallest absolute Gasteiger partial charge is 0.396 e. The molecule has 0 aromatic rings. The summed E-state index contributed by atoms with van der Waals surface area (Å²) in [5.74, 6) is -2.33. The van der Waals surface area contributed by atoms with Crippen LogP contribution in [0.1, 0.15) is 25.7 Å². The molecule has 0 rings (SSSR count). The van der Waals surface area contributed by atoms with Crippen molar-refractivity contribution >= 4 is 0 Å². The molecule has 0 aliphatic carbocycles. The molecule has 1 atom stereocenters. The molecule has 0 heterocycles. The fraction of sp³-hybridized carbons (Fsp3) is 1.00. The molecule has 0 bridgehead atoms. The van der Waals surface area contributed by atoms with E-state index in [2.05, 4.69) is 0 Å². The van der Waals surface area contributed by atoms with Crippen LogP contribution >= 0.6 is 0 Å². The van der Waals surface area contributed by atoms with E-state index < -0.39 is 74.3 Å². The van der Waals surface area contributed by atoms with Crippen molar-refractivity contribution in [1.29, 1.82) is 0 Å². The lowest BCUT2D eigenvalue weighted by Gasteiger charge is -2.33. The minimum atomic E-state index is -6.51. The van der Waals surface area contributed by atoms with Crippen LogP contribution in [0.5, 0.6) is 0 Å². The Kier molecular flexibility index (Phi) is 7.48. The van der Waals surface area contributed by atoms with Gasteiger partial charge in [0.25, 0.3) is 11.3 Å². The summed E-state index contributed by atoms with van der Waals surface area (Å²) in [7, 11) is 0. The van der Waals surface area contributed by atoms with E-state index in [1.165, 1.54) is 0 Å². The first-order chi connectivity index (χ1) is 11.6. The Morgan fingerprint density at radius 1 is 0.556 bits per heavy atom. The van der Waals surface area contributed by atoms with E-state index >= 15 is 0 Å². The third-order valence-corrected chi connectivity index (χ3v) is 3.76. The highest BCUT2D eigenvalue weighted by atomic mass is 19.4. The predicted molar refractivity (Wildman–Crippen MR) is 60.9 cm³/mol. The lowest BCUT2D eigenvalue weighted by atomic mass is 9.86. The van der Waals surface area contributed by atoms with Crippen molar-refractivity contribution in [1.82, 2.24) is 0 Å². The van der Waals surface area contributed by atoms with Crippen LogP contribution in [0.4, 0.5) is 61.5 Å². The maximum atomic E-state index is 13.5. The largest absolute Gasteiger partial charge is 0.431 e. The number of hydrogen-bond acceptors (Lipinski definition) is 1. The molecule has 1 nitrogen and oxygen atoms in total. The van der Waals surface area contributed by atoms with E-state index in [0.717, 1.165) is 0 Å². The van der Waals surface area contributed by atoms with Crippen LogP contribution in [0.3, 0.4) is 0 Å². The molecule has 1 N–H and O–H groups in total. The van der Waals surface area contributed by atoms with Gasteiger partial charge in [-0.15, -0.1) is 0 Å². The maximum absolute atomic E-state index is 13.5. The Balaban J connectivity index is 5.32. The topological polar surface area (TPSA) is 20.2 Å². The second-order valence-electron chi connectivity index (χ2n) is 5.74. The summed E-state index contributed by atoms with van der Waals surface area (Å²) in [6, 6.07) is 0. The molecule has 0 saturated carbocycles. The molecule has 0 aliphatic rings. The van der Waals surface area contributed by atoms with Gasteiger partial charge in [0.05, 0.1) is 0 Å². The van der Waals surface area contributed by atoms with Crippen LogP contribution < -0.4 is 0 Å². The summed E-state index contributed by atoms with van der Waals surface area (Å²) in [5.41, 5.74) is -11.6. The summed E-state index contributed by atoms with van der Waals surface area (Å²) in [5, 5.41) is 8.73. The Morgan fingerprint density at radius 2 is 0.889 bits per heavy atom. The Bertz CT molecular complexity index is 442. The first-order valence-corrected chi connectivity index (χ1v) is 6.89. The zero-order valence-electron chi connectivity index (χ0n) is 12.9. The van der Waals surface area contributed by atoms with Crippen LogP contribution in [0.25, 0.3) is 0 Å². The first-order valence-electron chi connectivity index (χ1n) is 6.89. The van der Waals surface area contributed by atoms with Gasteiger partial charge >= 0.3 is 24.7 Å². The maximum Gasteiger partial charge on any atom is 0.431 e. The van der Waals surface area contributed by atoms with Crippen molar-refractivity contribution < 1.29 is 66.6 Å². The fourth-order valence-corrected chi connectivity index (χ4v) is 2.13. The first kappa shape index (κ1) is 26.0. The van der Waals surface area contributed by atoms with E-state index in [-0.39, 0.29) is 0 Å². The molecule has 27 heavy (non-hydrogen) atoms. The molecular formula is C12H12F14O. The molecule has 0 spiro atoms. The molecule has 164 valence electrons. The van der Waals surface area contributed by atoms with Gasteiger partial charge in [-0.3, -0.25) is 0 Å². The van der Waals surface area contributed by atoms with Crippen molar-refractivity contribution in [3.63, 3.8) is 0 Å². The summed E-state index contributed by atoms with van der Waals surface area (Å²) < 4.78 is 175. The minimum Gasteiger partial charge on any atom is -0.396 e. The average molecular weight is 438 g/mol. The fourth-order valence-electron chi connectivity index (χ4n) is 2.13. The van der Waals surface area contributed by atoms with Crippen molar-refractivity contribution in [2.24, 2.45) is 5.92 Å². The molecule has 1 unspecified atom stereocenters. The molecule has 15 heteroatoms. The van der Waals surface area contributed by atoms with Crippen LogP contribution in [0.2, 0.25) is 0 Å². The minimum absolute atomic E-state index is 1.35. The van der Waals surface area contributed by atoms with Gasteiger partial charge in [0.15, 0.2) is 0 Å². The number of aliphatic hydroxyl groups is 1. The van der Waals surface area contributed by atoms with Gasteiger partial charge in [0.1, 0.15) is 0 Å². The highest BCUT2D eigenvalue weighted by molar-refractivity contribution is 4.97. The molecule has 0 radical (unpaired) electrons. The monoisotopic (exact) mass is 438 g/mol. The summed E-state index contributed by atoms with van der Waals surface area (Å²) in [4.78, 5) is 0. The summed E-state index contributed by atoms with van der Waals surface area (Å²) in [6.07, 6.45) is -33.7. The molecule has 0 aliphatic heterocycles. The molecule has 0 aromatic carbocycles. The van der Waals surface area contributed by atoms with E-state index in [9.17, 15) is 61.5 Å². The van der Waals surface area contributed by atoms with E-state index in [1.807, 2.05) is 0 Å². The molecule has 0 amide bonds. The van der Waals surface area contributed by atoms with E-state index in [0.29, 0.717) is 0 Å². The standard InChI is InChI=1S/C12H12F14O/c13-7(9(15,16)17,10(18,19)20)3-1-2-6(5-27)4-8(14,11(21,22)23)12(24,25)26/h6,27H,1-5H2. The van der Waals surface area contributed by atoms with E-state index in [4.69, 9.17) is 5.11 Å². The van der Waals surface area contributed by atoms with Crippen molar-refractivity contribution in [2.75, 3.05) is 6.61 Å². The zero-order chi connectivity index (χ0) is 22.1. The quantitative estimate of drug-likeness (QED) is 0.497. The number of rotatable bonds is 7.